The molecule has 0 saturated carbocycles. The van der Waals surface area contributed by atoms with E-state index in [-0.39, 0.29) is 0 Å². The number of aromatic nitrogens is 3. The van der Waals surface area contributed by atoms with Crippen LogP contribution < -0.4 is 0 Å². The summed E-state index contributed by atoms with van der Waals surface area (Å²) in [5.41, 5.74) is 3.60. The van der Waals surface area contributed by atoms with Crippen LogP contribution >= 0.6 is 0 Å². The molecule has 3 heteroatoms. The van der Waals surface area contributed by atoms with Gasteiger partial charge in [-0.1, -0.05) is 65.9 Å². The van der Waals surface area contributed by atoms with Crippen molar-refractivity contribution in [2.75, 3.05) is 0 Å². The standard InChI is InChI=1S/C17H15N3/c1-3-7-15(8-4-1)13-17(14-20-12-11-18-19-20)16-9-5-2-6-10-16/h1-13H,14H2/b17-13+. The fourth-order valence-electron chi connectivity index (χ4n) is 2.11. The lowest BCUT2D eigenvalue weighted by atomic mass is 10.0. The van der Waals surface area contributed by atoms with Gasteiger partial charge in [-0.25, -0.2) is 4.68 Å². The molecule has 0 fully saturated rings. The van der Waals surface area contributed by atoms with Gasteiger partial charge in [0.25, 0.3) is 0 Å². The summed E-state index contributed by atoms with van der Waals surface area (Å²) in [5, 5.41) is 7.91. The first kappa shape index (κ1) is 12.4. The zero-order valence-corrected chi connectivity index (χ0v) is 11.1. The SMILES string of the molecule is C(=C(/Cn1ccnn1)c1ccccc1)/c1ccccc1. The van der Waals surface area contributed by atoms with Gasteiger partial charge in [-0.3, -0.25) is 0 Å². The van der Waals surface area contributed by atoms with Crippen LogP contribution in [0.3, 0.4) is 0 Å². The van der Waals surface area contributed by atoms with E-state index in [2.05, 4.69) is 52.8 Å². The Morgan fingerprint density at radius 1 is 0.950 bits per heavy atom. The van der Waals surface area contributed by atoms with Crippen molar-refractivity contribution in [3.63, 3.8) is 0 Å². The van der Waals surface area contributed by atoms with Gasteiger partial charge in [-0.15, -0.1) is 5.10 Å². The normalized spacial score (nSPS) is 11.5. The van der Waals surface area contributed by atoms with Crippen molar-refractivity contribution in [1.29, 1.82) is 0 Å². The first-order valence-corrected chi connectivity index (χ1v) is 6.57. The van der Waals surface area contributed by atoms with Crippen molar-refractivity contribution in [2.24, 2.45) is 0 Å². The maximum atomic E-state index is 4.05. The molecular formula is C17H15N3. The third-order valence-corrected chi connectivity index (χ3v) is 3.09. The second kappa shape index (κ2) is 5.97. The van der Waals surface area contributed by atoms with Crippen LogP contribution in [0.4, 0.5) is 0 Å². The summed E-state index contributed by atoms with van der Waals surface area (Å²) in [6.07, 6.45) is 5.77. The summed E-state index contributed by atoms with van der Waals surface area (Å²) in [5.74, 6) is 0. The minimum absolute atomic E-state index is 0.707. The molecule has 0 spiro atoms. The van der Waals surface area contributed by atoms with Crippen molar-refractivity contribution in [1.82, 2.24) is 15.0 Å². The van der Waals surface area contributed by atoms with Gasteiger partial charge in [0.05, 0.1) is 12.7 Å². The fourth-order valence-corrected chi connectivity index (χ4v) is 2.11. The topological polar surface area (TPSA) is 30.7 Å². The Balaban J connectivity index is 1.97. The molecule has 0 saturated heterocycles. The van der Waals surface area contributed by atoms with E-state index in [9.17, 15) is 0 Å². The van der Waals surface area contributed by atoms with Crippen molar-refractivity contribution in [2.45, 2.75) is 6.54 Å². The van der Waals surface area contributed by atoms with Crippen LogP contribution in [0.2, 0.25) is 0 Å². The molecule has 98 valence electrons. The van der Waals surface area contributed by atoms with Crippen LogP contribution in [0.15, 0.2) is 73.1 Å². The van der Waals surface area contributed by atoms with Gasteiger partial charge in [0, 0.05) is 6.20 Å². The summed E-state index contributed by atoms with van der Waals surface area (Å²) in [6, 6.07) is 20.7. The van der Waals surface area contributed by atoms with Crippen LogP contribution in [-0.4, -0.2) is 15.0 Å². The molecule has 0 amide bonds. The highest BCUT2D eigenvalue weighted by atomic mass is 15.4. The van der Waals surface area contributed by atoms with E-state index < -0.39 is 0 Å². The Kier molecular flexibility index (Phi) is 3.69. The molecule has 0 radical (unpaired) electrons. The lowest BCUT2D eigenvalue weighted by Gasteiger charge is -2.08. The summed E-state index contributed by atoms with van der Waals surface area (Å²) < 4.78 is 1.84. The molecule has 0 N–H and O–H groups in total. The van der Waals surface area contributed by atoms with E-state index in [1.165, 1.54) is 16.7 Å². The minimum Gasteiger partial charge on any atom is -0.248 e. The monoisotopic (exact) mass is 261 g/mol. The van der Waals surface area contributed by atoms with Crippen molar-refractivity contribution >= 4 is 11.6 Å². The van der Waals surface area contributed by atoms with Gasteiger partial charge in [0.1, 0.15) is 0 Å². The molecule has 0 aliphatic carbocycles. The molecule has 1 heterocycles. The lowest BCUT2D eigenvalue weighted by molar-refractivity contribution is 0.671. The van der Waals surface area contributed by atoms with E-state index in [1.54, 1.807) is 6.20 Å². The number of allylic oxidation sites excluding steroid dienone is 1. The number of hydrogen-bond donors (Lipinski definition) is 0. The molecule has 0 atom stereocenters. The Morgan fingerprint density at radius 3 is 2.30 bits per heavy atom. The van der Waals surface area contributed by atoms with Crippen molar-refractivity contribution < 1.29 is 0 Å². The molecule has 20 heavy (non-hydrogen) atoms. The van der Waals surface area contributed by atoms with Crippen LogP contribution in [0, 0.1) is 0 Å². The summed E-state index contributed by atoms with van der Waals surface area (Å²) >= 11 is 0. The van der Waals surface area contributed by atoms with Gasteiger partial charge in [-0.05, 0) is 22.8 Å². The fraction of sp³-hybridized carbons (Fsp3) is 0.0588. The molecule has 0 unspecified atom stereocenters. The van der Waals surface area contributed by atoms with Crippen LogP contribution in [0.1, 0.15) is 11.1 Å². The van der Waals surface area contributed by atoms with Crippen molar-refractivity contribution in [3.05, 3.63) is 84.2 Å². The maximum absolute atomic E-state index is 4.05. The number of rotatable bonds is 4. The summed E-state index contributed by atoms with van der Waals surface area (Å²) in [4.78, 5) is 0. The minimum atomic E-state index is 0.707. The highest BCUT2D eigenvalue weighted by molar-refractivity contribution is 5.81. The van der Waals surface area contributed by atoms with Crippen LogP contribution in [0.5, 0.6) is 0 Å². The molecule has 0 aliphatic heterocycles. The Hall–Kier alpha value is -2.68. The molecule has 3 nitrogen and oxygen atoms in total. The molecule has 1 aromatic heterocycles. The first-order valence-electron chi connectivity index (χ1n) is 6.57. The zero-order valence-electron chi connectivity index (χ0n) is 11.1. The average Bonchev–Trinajstić information content (AvgIpc) is 3.02. The number of hydrogen-bond acceptors (Lipinski definition) is 2. The Labute approximate surface area is 118 Å². The summed E-state index contributed by atoms with van der Waals surface area (Å²) in [7, 11) is 0. The van der Waals surface area contributed by atoms with Crippen molar-refractivity contribution in [3.8, 4) is 0 Å². The lowest BCUT2D eigenvalue weighted by Crippen LogP contribution is -2.01. The van der Waals surface area contributed by atoms with Gasteiger partial charge in [0.15, 0.2) is 0 Å². The third kappa shape index (κ3) is 3.01. The van der Waals surface area contributed by atoms with Gasteiger partial charge in [0.2, 0.25) is 0 Å². The summed E-state index contributed by atoms with van der Waals surface area (Å²) in [6.45, 7) is 0.707. The zero-order chi connectivity index (χ0) is 13.6. The Morgan fingerprint density at radius 2 is 1.65 bits per heavy atom. The van der Waals surface area contributed by atoms with Gasteiger partial charge < -0.3 is 0 Å². The predicted molar refractivity (Wildman–Crippen MR) is 80.8 cm³/mol. The molecular weight excluding hydrogens is 246 g/mol. The third-order valence-electron chi connectivity index (χ3n) is 3.09. The quantitative estimate of drug-likeness (QED) is 0.673. The molecule has 3 rings (SSSR count). The largest absolute Gasteiger partial charge is 0.248 e. The van der Waals surface area contributed by atoms with E-state index in [4.69, 9.17) is 0 Å². The molecule has 3 aromatic rings. The van der Waals surface area contributed by atoms with E-state index in [1.807, 2.05) is 35.1 Å². The number of benzene rings is 2. The van der Waals surface area contributed by atoms with Crippen LogP contribution in [0.25, 0.3) is 11.6 Å². The highest BCUT2D eigenvalue weighted by Crippen LogP contribution is 2.19. The van der Waals surface area contributed by atoms with Gasteiger partial charge >= 0.3 is 0 Å². The average molecular weight is 261 g/mol. The molecule has 2 aromatic carbocycles. The van der Waals surface area contributed by atoms with E-state index >= 15 is 0 Å². The predicted octanol–water partition coefficient (Wildman–Crippen LogP) is 3.52. The maximum Gasteiger partial charge on any atom is 0.0693 e. The first-order chi connectivity index (χ1) is 9.92. The van der Waals surface area contributed by atoms with Gasteiger partial charge in [-0.2, -0.15) is 0 Å². The smallest absolute Gasteiger partial charge is 0.0693 e. The van der Waals surface area contributed by atoms with E-state index in [0.29, 0.717) is 6.54 Å². The molecule has 0 aliphatic rings. The second-order valence-electron chi connectivity index (χ2n) is 4.55. The molecule has 0 bridgehead atoms. The Bertz CT molecular complexity index is 671. The van der Waals surface area contributed by atoms with E-state index in [0.717, 1.165) is 0 Å². The second-order valence-corrected chi connectivity index (χ2v) is 4.55. The highest BCUT2D eigenvalue weighted by Gasteiger charge is 2.03. The number of nitrogens with zero attached hydrogens (tertiary/aromatic N) is 3. The van der Waals surface area contributed by atoms with Crippen LogP contribution in [-0.2, 0) is 6.54 Å².